The molecule has 0 atom stereocenters. The van der Waals surface area contributed by atoms with Crippen LogP contribution in [-0.4, -0.2) is 150 Å². The van der Waals surface area contributed by atoms with E-state index in [0.29, 0.717) is 232 Å². The Kier molecular flexibility index (Phi) is 32.8. The van der Waals surface area contributed by atoms with E-state index in [1.54, 1.807) is 56.9 Å². The molecule has 12 aromatic carbocycles. The summed E-state index contributed by atoms with van der Waals surface area (Å²) in [7, 11) is 13.4. The van der Waals surface area contributed by atoms with Gasteiger partial charge in [-0.25, -0.2) is 29.9 Å². The zero-order chi connectivity index (χ0) is 100. The number of ether oxygens (including phenoxy) is 16. The van der Waals surface area contributed by atoms with Gasteiger partial charge in [0.1, 0.15) is 115 Å². The first kappa shape index (κ1) is 100. The van der Waals surface area contributed by atoms with Crippen LogP contribution in [0.15, 0.2) is 194 Å². The van der Waals surface area contributed by atoms with Crippen LogP contribution in [0.1, 0.15) is 158 Å². The van der Waals surface area contributed by atoms with Crippen molar-refractivity contribution < 1.29 is 75.8 Å². The molecule has 24 nitrogen and oxygen atoms in total. The highest BCUT2D eigenvalue weighted by Gasteiger charge is 2.41. The van der Waals surface area contributed by atoms with E-state index in [1.165, 1.54) is 0 Å². The van der Waals surface area contributed by atoms with Crippen molar-refractivity contribution in [1.82, 2.24) is 39.9 Å². The number of methoxy groups -OCH3 is 8. The van der Waals surface area contributed by atoms with E-state index in [1.807, 2.05) is 146 Å². The van der Waals surface area contributed by atoms with E-state index in [4.69, 9.17) is 106 Å². The lowest BCUT2D eigenvalue weighted by molar-refractivity contribution is 0.305. The van der Waals surface area contributed by atoms with E-state index in [0.717, 1.165) is 95.9 Å². The Morgan fingerprint density at radius 3 is 0.472 bits per heavy atom. The second-order valence-electron chi connectivity index (χ2n) is 35.7. The summed E-state index contributed by atoms with van der Waals surface area (Å²) in [6.07, 6.45) is 11.5. The average molecular weight is 1940 g/mol. The normalized spacial score (nSPS) is 11.4. The van der Waals surface area contributed by atoms with Crippen molar-refractivity contribution in [2.45, 2.75) is 158 Å². The van der Waals surface area contributed by atoms with Gasteiger partial charge in [0.15, 0.2) is 23.3 Å². The van der Waals surface area contributed by atoms with Crippen molar-refractivity contribution in [3.8, 4) is 227 Å². The Labute approximate surface area is 843 Å². The standard InChI is InChI=1S/C120H130N8O16/c1-17-25-57-137-105-89(73-41-33-49-81(65-73)129-9)90(74-42-34-50-82(66-74)130-10)106(138-58-26-18-2)98-97(105)113-121-114(98)126-116-101-102(110(142-62-30-22-6)94(78-46-38-54-86(70-78)134-14)93(109(101)141-61-29-21-5)77-45-37-53-85(69-77)133-13)118(123-116)128-120-104-103(111(143-63-31-23-7)95(79-47-39-55-87(71-79)135-15)96(112(104)144-64-32-24-8)80-48-40-56-88(72-80)136-16)119(124-120)127-117-100-99(115(122-117)125-113)107(139-59-27-19-3)91(75-43-35-51-83(67-75)131-11)92(108(100)140-60-28-20-4)76-44-36-52-84(68-76)132-12/h33-56,65-72H,17-32,57-64H2,1-16H3,(H2,121,122,123,124,125,126,127,128). The SMILES string of the molecule is CCCCOc1c(-c2cccc(OC)c2)c(-c2cccc(OC)c2)c(OCCCC)c2c1-c1nc-2nc2[nH]c(nc3nc(nc4[nH]c(n1)c1c(OCCCC)c(-c5cccc(OC)c5)c(-c5cccc(OC)c5)c(OCCCC)c41)-c1c(OCCCC)c(-c4cccc(OC)c4)c(-c4cccc(OC)c4)c(OCCCC)c1-3)c1c(OCCCC)c(-c3cccc(OC)c3)c(-c3cccc(OC)c3)c(OCCCC)c21. The lowest BCUT2D eigenvalue weighted by atomic mass is 9.87. The van der Waals surface area contributed by atoms with Crippen LogP contribution in [0.4, 0.5) is 0 Å². The third-order valence-corrected chi connectivity index (χ3v) is 26.1. The second kappa shape index (κ2) is 47.1. The zero-order valence-corrected chi connectivity index (χ0v) is 85.7. The van der Waals surface area contributed by atoms with Crippen molar-refractivity contribution in [2.24, 2.45) is 0 Å². The fourth-order valence-electron chi connectivity index (χ4n) is 18.7. The molecular formula is C120H130N8O16. The Bertz CT molecular complexity index is 6470. The molecule has 0 saturated heterocycles. The summed E-state index contributed by atoms with van der Waals surface area (Å²) < 4.78 is 112. The largest absolute Gasteiger partial charge is 0.497 e. The van der Waals surface area contributed by atoms with Gasteiger partial charge in [0, 0.05) is 44.5 Å². The number of nitrogens with one attached hydrogen (secondary N) is 2. The summed E-state index contributed by atoms with van der Waals surface area (Å²) in [6.45, 7) is 19.2. The molecule has 0 radical (unpaired) electrons. The molecule has 15 aromatic rings. The number of hydrogen-bond donors (Lipinski definition) is 2. The van der Waals surface area contributed by atoms with Crippen molar-refractivity contribution >= 4 is 44.1 Å². The van der Waals surface area contributed by atoms with Crippen molar-refractivity contribution in [3.63, 3.8) is 0 Å². The second-order valence-corrected chi connectivity index (χ2v) is 35.7. The zero-order valence-electron chi connectivity index (χ0n) is 85.7. The predicted octanol–water partition coefficient (Wildman–Crippen LogP) is 29.7. The fraction of sp³-hybridized carbons (Fsp3) is 0.333. The van der Waals surface area contributed by atoms with Crippen LogP contribution in [0.2, 0.25) is 0 Å². The molecule has 5 heterocycles. The summed E-state index contributed by atoms with van der Waals surface area (Å²) in [5, 5.41) is 1.93. The van der Waals surface area contributed by atoms with Crippen molar-refractivity contribution in [3.05, 3.63) is 194 Å². The van der Waals surface area contributed by atoms with Gasteiger partial charge < -0.3 is 85.8 Å². The number of aromatic amines is 2. The number of aromatic nitrogens is 8. The monoisotopic (exact) mass is 1940 g/mol. The van der Waals surface area contributed by atoms with Gasteiger partial charge in [0.2, 0.25) is 0 Å². The molecule has 0 spiro atoms. The number of H-pyrrole nitrogens is 2. The third kappa shape index (κ3) is 20.5. The van der Waals surface area contributed by atoms with E-state index < -0.39 is 0 Å². The molecule has 0 aliphatic carbocycles. The Balaban J connectivity index is 1.25. The van der Waals surface area contributed by atoms with Crippen molar-refractivity contribution in [2.75, 3.05) is 110 Å². The summed E-state index contributed by atoms with van der Waals surface area (Å²) in [6, 6.07) is 64.3. The Hall–Kier alpha value is -15.2. The van der Waals surface area contributed by atoms with Gasteiger partial charge in [-0.1, -0.05) is 204 Å². The minimum atomic E-state index is 0.167. The van der Waals surface area contributed by atoms with Crippen LogP contribution in [-0.2, 0) is 0 Å². The van der Waals surface area contributed by atoms with Crippen LogP contribution in [0.25, 0.3) is 179 Å². The molecular weight excluding hydrogens is 1810 g/mol. The molecule has 0 saturated carbocycles. The molecule has 8 bridgehead atoms. The summed E-state index contributed by atoms with van der Waals surface area (Å²) in [5.41, 5.74) is 14.1. The molecule has 2 N–H and O–H groups in total. The number of rotatable bonds is 48. The van der Waals surface area contributed by atoms with Crippen LogP contribution in [0.3, 0.4) is 0 Å². The Morgan fingerprint density at radius 2 is 0.326 bits per heavy atom. The fourth-order valence-corrected chi connectivity index (χ4v) is 18.7. The van der Waals surface area contributed by atoms with E-state index in [-0.39, 0.29) is 98.7 Å². The number of fused-ring (bicyclic) bond motifs is 20. The molecule has 2 aliphatic rings. The topological polar surface area (TPSA) is 257 Å². The summed E-state index contributed by atoms with van der Waals surface area (Å²) >= 11 is 0. The minimum Gasteiger partial charge on any atom is -0.497 e. The number of nitrogens with zero attached hydrogens (tertiary/aromatic N) is 6. The molecule has 0 amide bonds. The quantitative estimate of drug-likeness (QED) is 0.0336. The van der Waals surface area contributed by atoms with E-state index in [9.17, 15) is 0 Å². The van der Waals surface area contributed by atoms with Crippen LogP contribution < -0.4 is 75.8 Å². The van der Waals surface area contributed by atoms with Gasteiger partial charge in [0.05, 0.1) is 154 Å². The first-order valence-electron chi connectivity index (χ1n) is 50.8. The van der Waals surface area contributed by atoms with E-state index >= 15 is 0 Å². The molecule has 0 fully saturated rings. The number of benzene rings is 12. The van der Waals surface area contributed by atoms with Crippen LogP contribution in [0, 0.1) is 0 Å². The molecule has 0 unspecified atom stereocenters. The lowest BCUT2D eigenvalue weighted by Crippen LogP contribution is -2.07. The highest BCUT2D eigenvalue weighted by molar-refractivity contribution is 6.21. The van der Waals surface area contributed by atoms with Gasteiger partial charge in [-0.2, -0.15) is 0 Å². The number of unbranched alkanes of at least 4 members (excludes halogenated alkanes) is 8. The van der Waals surface area contributed by atoms with Gasteiger partial charge >= 0.3 is 0 Å². The maximum atomic E-state index is 7.79. The van der Waals surface area contributed by atoms with Gasteiger partial charge in [-0.05, 0) is 193 Å². The molecule has 3 aromatic heterocycles. The molecule has 2 aliphatic heterocycles. The molecule has 144 heavy (non-hydrogen) atoms. The van der Waals surface area contributed by atoms with Gasteiger partial charge in [-0.3, -0.25) is 0 Å². The highest BCUT2D eigenvalue weighted by atomic mass is 16.5. The smallest absolute Gasteiger partial charge is 0.168 e. The lowest BCUT2D eigenvalue weighted by Gasteiger charge is -2.24. The Morgan fingerprint density at radius 1 is 0.181 bits per heavy atom. The van der Waals surface area contributed by atoms with Gasteiger partial charge in [-0.15, -0.1) is 0 Å². The average Bonchev–Trinajstić information content (AvgIpc) is 1.53. The van der Waals surface area contributed by atoms with Crippen LogP contribution in [0.5, 0.6) is 92.0 Å². The first-order chi connectivity index (χ1) is 70.8. The summed E-state index contributed by atoms with van der Waals surface area (Å²) in [4.78, 5) is 45.4. The molecule has 746 valence electrons. The minimum absolute atomic E-state index is 0.167. The maximum Gasteiger partial charge on any atom is 0.168 e. The number of hydrogen-bond acceptors (Lipinski definition) is 22. The van der Waals surface area contributed by atoms with Crippen molar-refractivity contribution in [1.29, 1.82) is 0 Å². The van der Waals surface area contributed by atoms with Gasteiger partial charge in [0.25, 0.3) is 0 Å². The molecule has 17 rings (SSSR count). The summed E-state index contributed by atoms with van der Waals surface area (Å²) in [5.74, 6) is 8.94. The maximum absolute atomic E-state index is 7.79. The van der Waals surface area contributed by atoms with Crippen LogP contribution >= 0.6 is 0 Å². The van der Waals surface area contributed by atoms with E-state index in [2.05, 4.69) is 114 Å². The highest BCUT2D eigenvalue weighted by Crippen LogP contribution is 2.63. The predicted molar refractivity (Wildman–Crippen MR) is 575 cm³/mol. The third-order valence-electron chi connectivity index (χ3n) is 26.1. The first-order valence-corrected chi connectivity index (χ1v) is 50.8. The molecule has 24 heteroatoms.